The van der Waals surface area contributed by atoms with Crippen LogP contribution in [0.2, 0.25) is 0 Å². The van der Waals surface area contributed by atoms with Gasteiger partial charge in [-0.2, -0.15) is 4.98 Å². The Kier molecular flexibility index (Phi) is 5.67. The Labute approximate surface area is 143 Å². The van der Waals surface area contributed by atoms with Crippen molar-refractivity contribution in [1.29, 1.82) is 0 Å². The molecule has 1 amide bonds. The summed E-state index contributed by atoms with van der Waals surface area (Å²) in [6.07, 6.45) is 5.94. The van der Waals surface area contributed by atoms with E-state index in [1.165, 1.54) is 0 Å². The van der Waals surface area contributed by atoms with Gasteiger partial charge in [0.05, 0.1) is 0 Å². The molecule has 0 bridgehead atoms. The van der Waals surface area contributed by atoms with Crippen LogP contribution in [0.25, 0.3) is 0 Å². The van der Waals surface area contributed by atoms with Crippen molar-refractivity contribution in [1.82, 2.24) is 10.1 Å². The molecule has 0 spiro atoms. The van der Waals surface area contributed by atoms with Gasteiger partial charge in [-0.25, -0.2) is 8.42 Å². The van der Waals surface area contributed by atoms with Gasteiger partial charge in [-0.1, -0.05) is 25.9 Å². The Balaban J connectivity index is 1.80. The van der Waals surface area contributed by atoms with E-state index in [-0.39, 0.29) is 23.5 Å². The normalized spacial score (nSPS) is 22.3. The summed E-state index contributed by atoms with van der Waals surface area (Å²) in [6, 6.07) is -0.0398. The molecule has 1 heterocycles. The van der Waals surface area contributed by atoms with Crippen LogP contribution in [0.5, 0.6) is 0 Å². The predicted molar refractivity (Wildman–Crippen MR) is 91.0 cm³/mol. The van der Waals surface area contributed by atoms with E-state index in [9.17, 15) is 13.2 Å². The van der Waals surface area contributed by atoms with Crippen molar-refractivity contribution in [2.24, 2.45) is 17.3 Å². The Morgan fingerprint density at radius 1 is 1.25 bits per heavy atom. The Morgan fingerprint density at radius 2 is 1.88 bits per heavy atom. The number of sulfone groups is 1. The van der Waals surface area contributed by atoms with Crippen LogP contribution in [0.4, 0.5) is 6.01 Å². The van der Waals surface area contributed by atoms with Crippen LogP contribution in [0.1, 0.15) is 58.7 Å². The standard InChI is InChI=1S/C16H27N3O4S/c1-16(2,3)12-7-5-11(6-8-12)9-14(20)18-15-17-13(19-23-15)10-24(4,21)22/h11-12H,5-10H2,1-4H3,(H,17,18,19,20). The first kappa shape index (κ1) is 18.9. The van der Waals surface area contributed by atoms with Crippen LogP contribution in [0.3, 0.4) is 0 Å². The Hall–Kier alpha value is -1.44. The lowest BCUT2D eigenvalue weighted by molar-refractivity contribution is -0.117. The van der Waals surface area contributed by atoms with E-state index < -0.39 is 9.84 Å². The molecule has 1 aromatic heterocycles. The highest BCUT2D eigenvalue weighted by Crippen LogP contribution is 2.40. The van der Waals surface area contributed by atoms with E-state index in [1.807, 2.05) is 0 Å². The largest absolute Gasteiger partial charge is 0.328 e. The first-order chi connectivity index (χ1) is 11.0. The van der Waals surface area contributed by atoms with Gasteiger partial charge in [0.2, 0.25) is 5.91 Å². The molecule has 1 fully saturated rings. The summed E-state index contributed by atoms with van der Waals surface area (Å²) in [5.74, 6) is 0.680. The van der Waals surface area contributed by atoms with Gasteiger partial charge in [-0.3, -0.25) is 10.1 Å². The van der Waals surface area contributed by atoms with Crippen LogP contribution in [0.15, 0.2) is 4.52 Å². The third kappa shape index (κ3) is 5.89. The quantitative estimate of drug-likeness (QED) is 0.869. The molecule has 2 rings (SSSR count). The van der Waals surface area contributed by atoms with Crippen LogP contribution >= 0.6 is 0 Å². The molecule has 1 aliphatic rings. The third-order valence-electron chi connectivity index (χ3n) is 4.65. The van der Waals surface area contributed by atoms with Crippen LogP contribution in [0, 0.1) is 17.3 Å². The summed E-state index contributed by atoms with van der Waals surface area (Å²) in [7, 11) is -3.23. The van der Waals surface area contributed by atoms with Gasteiger partial charge >= 0.3 is 6.01 Å². The highest BCUT2D eigenvalue weighted by Gasteiger charge is 2.30. The maximum atomic E-state index is 12.1. The minimum Gasteiger partial charge on any atom is -0.315 e. The van der Waals surface area contributed by atoms with Gasteiger partial charge in [0.25, 0.3) is 0 Å². The summed E-state index contributed by atoms with van der Waals surface area (Å²) in [6.45, 7) is 6.82. The van der Waals surface area contributed by atoms with E-state index in [4.69, 9.17) is 4.52 Å². The second kappa shape index (κ2) is 7.21. The van der Waals surface area contributed by atoms with Crippen LogP contribution < -0.4 is 5.32 Å². The van der Waals surface area contributed by atoms with Crippen LogP contribution in [-0.4, -0.2) is 30.7 Å². The van der Waals surface area contributed by atoms with Crippen molar-refractivity contribution in [2.45, 2.75) is 58.6 Å². The second-order valence-electron chi connectivity index (χ2n) is 7.92. The molecule has 1 saturated carbocycles. The van der Waals surface area contributed by atoms with Gasteiger partial charge < -0.3 is 4.52 Å². The van der Waals surface area contributed by atoms with E-state index >= 15 is 0 Å². The maximum Gasteiger partial charge on any atom is 0.328 e. The van der Waals surface area contributed by atoms with E-state index in [0.717, 1.165) is 31.9 Å². The zero-order valence-electron chi connectivity index (χ0n) is 14.8. The smallest absolute Gasteiger partial charge is 0.315 e. The molecular weight excluding hydrogens is 330 g/mol. The molecule has 1 N–H and O–H groups in total. The van der Waals surface area contributed by atoms with Crippen molar-refractivity contribution < 1.29 is 17.7 Å². The van der Waals surface area contributed by atoms with Crippen molar-refractivity contribution in [3.63, 3.8) is 0 Å². The molecule has 0 radical (unpaired) electrons. The number of carbonyl (C=O) groups is 1. The predicted octanol–water partition coefficient (Wildman–Crippen LogP) is 2.80. The van der Waals surface area contributed by atoms with Gasteiger partial charge in [0, 0.05) is 12.7 Å². The van der Waals surface area contributed by atoms with E-state index in [0.29, 0.717) is 23.7 Å². The number of rotatable bonds is 5. The summed E-state index contributed by atoms with van der Waals surface area (Å²) >= 11 is 0. The maximum absolute atomic E-state index is 12.1. The van der Waals surface area contributed by atoms with Gasteiger partial charge in [-0.15, -0.1) is 0 Å². The van der Waals surface area contributed by atoms with Gasteiger partial charge in [0.1, 0.15) is 5.75 Å². The number of hydrogen-bond donors (Lipinski definition) is 1. The minimum absolute atomic E-state index is 0.0398. The molecule has 0 aliphatic heterocycles. The molecule has 24 heavy (non-hydrogen) atoms. The molecule has 1 aliphatic carbocycles. The highest BCUT2D eigenvalue weighted by molar-refractivity contribution is 7.89. The zero-order valence-corrected chi connectivity index (χ0v) is 15.6. The molecule has 0 atom stereocenters. The highest BCUT2D eigenvalue weighted by atomic mass is 32.2. The number of hydrogen-bond acceptors (Lipinski definition) is 6. The number of nitrogens with zero attached hydrogens (tertiary/aromatic N) is 2. The lowest BCUT2D eigenvalue weighted by atomic mass is 9.69. The minimum atomic E-state index is -3.23. The Morgan fingerprint density at radius 3 is 2.42 bits per heavy atom. The first-order valence-corrected chi connectivity index (χ1v) is 10.4. The fourth-order valence-electron chi connectivity index (χ4n) is 3.26. The lowest BCUT2D eigenvalue weighted by Crippen LogP contribution is -2.27. The van der Waals surface area contributed by atoms with E-state index in [1.54, 1.807) is 0 Å². The number of nitrogens with one attached hydrogen (secondary N) is 1. The molecule has 0 aromatic carbocycles. The summed E-state index contributed by atoms with van der Waals surface area (Å²) in [4.78, 5) is 16.0. The summed E-state index contributed by atoms with van der Waals surface area (Å²) < 4.78 is 27.2. The van der Waals surface area contributed by atoms with E-state index in [2.05, 4.69) is 36.2 Å². The van der Waals surface area contributed by atoms with Crippen molar-refractivity contribution in [2.75, 3.05) is 11.6 Å². The molecule has 0 unspecified atom stereocenters. The Bertz CT molecular complexity index is 668. The van der Waals surface area contributed by atoms with Crippen molar-refractivity contribution in [3.8, 4) is 0 Å². The number of aromatic nitrogens is 2. The number of anilines is 1. The average molecular weight is 357 g/mol. The fraction of sp³-hybridized carbons (Fsp3) is 0.812. The first-order valence-electron chi connectivity index (χ1n) is 8.33. The average Bonchev–Trinajstić information content (AvgIpc) is 2.82. The van der Waals surface area contributed by atoms with Crippen molar-refractivity contribution >= 4 is 21.8 Å². The summed E-state index contributed by atoms with van der Waals surface area (Å²) in [5, 5.41) is 6.12. The molecule has 0 saturated heterocycles. The van der Waals surface area contributed by atoms with Gasteiger partial charge in [-0.05, 0) is 42.9 Å². The third-order valence-corrected chi connectivity index (χ3v) is 5.43. The molecular formula is C16H27N3O4S. The molecule has 136 valence electrons. The van der Waals surface area contributed by atoms with Gasteiger partial charge in [0.15, 0.2) is 15.7 Å². The number of carbonyl (C=O) groups excluding carboxylic acids is 1. The number of amides is 1. The lowest BCUT2D eigenvalue weighted by Gasteiger charge is -2.36. The summed E-state index contributed by atoms with van der Waals surface area (Å²) in [5.41, 5.74) is 0.326. The van der Waals surface area contributed by atoms with Crippen molar-refractivity contribution in [3.05, 3.63) is 5.82 Å². The fourth-order valence-corrected chi connectivity index (χ4v) is 3.85. The molecule has 1 aromatic rings. The topological polar surface area (TPSA) is 102 Å². The monoisotopic (exact) mass is 357 g/mol. The second-order valence-corrected chi connectivity index (χ2v) is 10.1. The zero-order chi connectivity index (χ0) is 18.0. The van der Waals surface area contributed by atoms with Crippen LogP contribution in [-0.2, 0) is 20.4 Å². The molecule has 7 nitrogen and oxygen atoms in total. The molecule has 8 heteroatoms. The SMILES string of the molecule is CC(C)(C)C1CCC(CC(=O)Nc2nc(CS(C)(=O)=O)no2)CC1.